The number of benzene rings is 2. The van der Waals surface area contributed by atoms with Crippen molar-refractivity contribution in [3.05, 3.63) is 89.0 Å². The fraction of sp³-hybridized carbons (Fsp3) is 0.345. The monoisotopic (exact) mass is 474 g/mol. The molecule has 3 rings (SSSR count). The number of ketones is 1. The molecule has 6 heteroatoms. The number of carboxylic acid groups (broad SMARTS) is 1. The molecule has 0 bridgehead atoms. The number of rotatable bonds is 9. The van der Waals surface area contributed by atoms with Gasteiger partial charge in [0, 0.05) is 23.7 Å². The summed E-state index contributed by atoms with van der Waals surface area (Å²) in [6.45, 7) is 11.9. The van der Waals surface area contributed by atoms with Crippen LogP contribution in [0.5, 0.6) is 5.75 Å². The van der Waals surface area contributed by atoms with Crippen LogP contribution in [0.3, 0.4) is 0 Å². The third-order valence-electron chi connectivity index (χ3n) is 5.65. The predicted molar refractivity (Wildman–Crippen MR) is 138 cm³/mol. The molecule has 0 radical (unpaired) electrons. The van der Waals surface area contributed by atoms with E-state index in [0.29, 0.717) is 30.1 Å². The molecule has 0 fully saturated rings. The molecular formula is C29H34N2O4. The molecule has 1 N–H and O–H groups in total. The van der Waals surface area contributed by atoms with Gasteiger partial charge in [-0.05, 0) is 44.9 Å². The third-order valence-corrected chi connectivity index (χ3v) is 5.65. The highest BCUT2D eigenvalue weighted by atomic mass is 16.5. The minimum Gasteiger partial charge on any atom is -0.478 e. The van der Waals surface area contributed by atoms with Gasteiger partial charge in [-0.3, -0.25) is 4.79 Å². The number of imidazole rings is 1. The number of aliphatic carboxylic acids is 1. The quantitative estimate of drug-likeness (QED) is 0.381. The van der Waals surface area contributed by atoms with Gasteiger partial charge in [-0.25, -0.2) is 9.78 Å². The topological polar surface area (TPSA) is 81.4 Å². The van der Waals surface area contributed by atoms with Gasteiger partial charge in [0.15, 0.2) is 11.4 Å². The van der Waals surface area contributed by atoms with Gasteiger partial charge in [0.05, 0.1) is 5.69 Å². The molecule has 0 unspecified atom stereocenters. The van der Waals surface area contributed by atoms with Crippen LogP contribution < -0.4 is 4.74 Å². The van der Waals surface area contributed by atoms with Crippen molar-refractivity contribution in [1.82, 2.24) is 9.55 Å². The predicted octanol–water partition coefficient (Wildman–Crippen LogP) is 6.07. The average Bonchev–Trinajstić information content (AvgIpc) is 3.21. The molecule has 0 aliphatic heterocycles. The number of carbonyl (C=O) groups excluding carboxylic acids is 1. The Kier molecular flexibility index (Phi) is 7.64. The highest BCUT2D eigenvalue weighted by Gasteiger charge is 2.29. The zero-order chi connectivity index (χ0) is 25.8. The molecule has 0 saturated carbocycles. The summed E-state index contributed by atoms with van der Waals surface area (Å²) < 4.78 is 7.55. The van der Waals surface area contributed by atoms with Crippen molar-refractivity contribution in [2.75, 3.05) is 0 Å². The molecule has 1 aromatic heterocycles. The van der Waals surface area contributed by atoms with Crippen molar-refractivity contribution < 1.29 is 19.4 Å². The van der Waals surface area contributed by atoms with Gasteiger partial charge in [-0.2, -0.15) is 0 Å². The molecule has 6 nitrogen and oxygen atoms in total. The number of aryl methyl sites for hydroxylation is 2. The van der Waals surface area contributed by atoms with Crippen LogP contribution in [0.2, 0.25) is 0 Å². The summed E-state index contributed by atoms with van der Waals surface area (Å²) in [5.41, 5.74) is 2.03. The number of carboxylic acids is 1. The molecule has 35 heavy (non-hydrogen) atoms. The van der Waals surface area contributed by atoms with E-state index in [1.807, 2.05) is 72.3 Å². The Morgan fingerprint density at radius 1 is 1.06 bits per heavy atom. The van der Waals surface area contributed by atoms with Crippen molar-refractivity contribution in [1.29, 1.82) is 0 Å². The van der Waals surface area contributed by atoms with Crippen LogP contribution in [-0.2, 0) is 16.8 Å². The van der Waals surface area contributed by atoms with Gasteiger partial charge in [-0.15, -0.1) is 0 Å². The smallest absolute Gasteiger partial charge is 0.347 e. The lowest BCUT2D eigenvalue weighted by Gasteiger charge is -2.21. The molecule has 0 aliphatic carbocycles. The highest BCUT2D eigenvalue weighted by Crippen LogP contribution is 2.24. The summed E-state index contributed by atoms with van der Waals surface area (Å²) in [5, 5.41) is 9.28. The lowest BCUT2D eigenvalue weighted by molar-refractivity contribution is -0.152. The van der Waals surface area contributed by atoms with E-state index in [1.54, 1.807) is 6.07 Å². The average molecular weight is 475 g/mol. The zero-order valence-electron chi connectivity index (χ0n) is 21.3. The van der Waals surface area contributed by atoms with E-state index in [2.05, 4.69) is 20.8 Å². The van der Waals surface area contributed by atoms with Crippen LogP contribution in [0, 0.1) is 6.92 Å². The van der Waals surface area contributed by atoms with Gasteiger partial charge in [-0.1, -0.05) is 74.9 Å². The van der Waals surface area contributed by atoms with E-state index in [4.69, 9.17) is 9.72 Å². The minimum atomic E-state index is -1.31. The normalized spacial score (nSPS) is 12.2. The molecule has 0 saturated heterocycles. The summed E-state index contributed by atoms with van der Waals surface area (Å²) in [6, 6.07) is 14.9. The molecule has 0 amide bonds. The number of hydrogen-bond acceptors (Lipinski definition) is 4. The van der Waals surface area contributed by atoms with E-state index < -0.39 is 11.6 Å². The molecule has 0 aliphatic rings. The summed E-state index contributed by atoms with van der Waals surface area (Å²) >= 11 is 0. The molecule has 1 heterocycles. The fourth-order valence-corrected chi connectivity index (χ4v) is 3.42. The number of nitrogens with zero attached hydrogens (tertiary/aromatic N) is 2. The Labute approximate surface area is 207 Å². The Bertz CT molecular complexity index is 1230. The SMILES string of the molecule is Cc1ccc(C(=O)c2nc(C(C)(C)C)cn2CC/C=C/c2cccc(OC(C)(C)C(=O)O)c2)cc1. The van der Waals surface area contributed by atoms with Crippen LogP contribution in [0.4, 0.5) is 0 Å². The Morgan fingerprint density at radius 3 is 2.37 bits per heavy atom. The van der Waals surface area contributed by atoms with E-state index in [0.717, 1.165) is 16.8 Å². The lowest BCUT2D eigenvalue weighted by atomic mass is 9.93. The standard InChI is InChI=1S/C29H34N2O4/c1-20-13-15-22(16-14-20)25(32)26-30-24(28(2,3)4)19-31(26)17-8-7-10-21-11-9-12-23(18-21)35-29(5,6)27(33)34/h7,9-16,18-19H,8,17H2,1-6H3,(H,33,34)/b10-7+. The third kappa shape index (κ3) is 6.69. The second kappa shape index (κ2) is 10.3. The first-order valence-corrected chi connectivity index (χ1v) is 11.7. The lowest BCUT2D eigenvalue weighted by Crippen LogP contribution is -2.37. The number of carbonyl (C=O) groups is 2. The minimum absolute atomic E-state index is 0.0876. The van der Waals surface area contributed by atoms with Gasteiger partial charge < -0.3 is 14.4 Å². The number of aromatic nitrogens is 2. The first kappa shape index (κ1) is 25.9. The summed E-state index contributed by atoms with van der Waals surface area (Å²) in [6.07, 6.45) is 6.65. The van der Waals surface area contributed by atoms with Crippen LogP contribution in [0.25, 0.3) is 6.08 Å². The molecule has 0 spiro atoms. The van der Waals surface area contributed by atoms with Crippen molar-refractivity contribution in [3.8, 4) is 5.75 Å². The van der Waals surface area contributed by atoms with Gasteiger partial charge in [0.25, 0.3) is 0 Å². The van der Waals surface area contributed by atoms with Crippen LogP contribution in [-0.4, -0.2) is 32.0 Å². The van der Waals surface area contributed by atoms with Crippen LogP contribution in [0.1, 0.15) is 74.0 Å². The number of ether oxygens (including phenoxy) is 1. The second-order valence-electron chi connectivity index (χ2n) is 10.3. The molecule has 2 aromatic carbocycles. The maximum absolute atomic E-state index is 13.2. The fourth-order valence-electron chi connectivity index (χ4n) is 3.42. The van der Waals surface area contributed by atoms with Crippen LogP contribution in [0.15, 0.2) is 60.8 Å². The Balaban J connectivity index is 1.75. The van der Waals surface area contributed by atoms with Gasteiger partial charge in [0.1, 0.15) is 5.75 Å². The van der Waals surface area contributed by atoms with E-state index in [-0.39, 0.29) is 11.2 Å². The molecular weight excluding hydrogens is 440 g/mol. The largest absolute Gasteiger partial charge is 0.478 e. The summed E-state index contributed by atoms with van der Waals surface area (Å²) in [5.74, 6) is -0.173. The Morgan fingerprint density at radius 2 is 1.74 bits per heavy atom. The Hall–Kier alpha value is -3.67. The van der Waals surface area contributed by atoms with Crippen molar-refractivity contribution in [3.63, 3.8) is 0 Å². The first-order valence-electron chi connectivity index (χ1n) is 11.7. The van der Waals surface area contributed by atoms with Gasteiger partial charge >= 0.3 is 5.97 Å². The highest BCUT2D eigenvalue weighted by molar-refractivity contribution is 6.06. The molecule has 3 aromatic rings. The second-order valence-corrected chi connectivity index (χ2v) is 10.3. The van der Waals surface area contributed by atoms with Crippen molar-refractivity contribution in [2.24, 2.45) is 0 Å². The van der Waals surface area contributed by atoms with Crippen LogP contribution >= 0.6 is 0 Å². The zero-order valence-corrected chi connectivity index (χ0v) is 21.3. The summed E-state index contributed by atoms with van der Waals surface area (Å²) in [7, 11) is 0. The van der Waals surface area contributed by atoms with E-state index in [9.17, 15) is 14.7 Å². The molecule has 0 atom stereocenters. The van der Waals surface area contributed by atoms with E-state index in [1.165, 1.54) is 13.8 Å². The molecule has 184 valence electrons. The number of hydrogen-bond donors (Lipinski definition) is 1. The number of allylic oxidation sites excluding steroid dienone is 1. The summed E-state index contributed by atoms with van der Waals surface area (Å²) in [4.78, 5) is 29.2. The maximum Gasteiger partial charge on any atom is 0.347 e. The van der Waals surface area contributed by atoms with Gasteiger partial charge in [0.2, 0.25) is 5.78 Å². The first-order chi connectivity index (χ1) is 16.4. The van der Waals surface area contributed by atoms with E-state index >= 15 is 0 Å². The van der Waals surface area contributed by atoms with Crippen molar-refractivity contribution >= 4 is 17.8 Å². The maximum atomic E-state index is 13.2. The van der Waals surface area contributed by atoms with Crippen molar-refractivity contribution in [2.45, 2.75) is 65.5 Å².